The topological polar surface area (TPSA) is 206 Å². The monoisotopic (exact) mass is 304 g/mol. The number of rotatable bonds is 4. The molecule has 0 aliphatic heterocycles. The number of hydrogen-bond donors (Lipinski definition) is 6. The van der Waals surface area contributed by atoms with Crippen molar-refractivity contribution in [2.75, 3.05) is 0 Å². The summed E-state index contributed by atoms with van der Waals surface area (Å²) >= 11 is 0. The third-order valence-electron chi connectivity index (χ3n) is 2.36. The predicted octanol–water partition coefficient (Wildman–Crippen LogP) is -2.14. The standard InChI is InChI=1S/C12H20N10/c13-9(14)21-11(17)19-5-7-1-2-8(4-3-7)6-20-12(18)22-10(15)16/h1-4H,5-6H2,(H6,13,14,17,19,21)(H6,15,16,18,20,22). The molecular formula is C12H20N10. The molecule has 1 rings (SSSR count). The minimum absolute atomic E-state index is 0.0266. The van der Waals surface area contributed by atoms with Gasteiger partial charge in [0.25, 0.3) is 0 Å². The third-order valence-corrected chi connectivity index (χ3v) is 2.36. The van der Waals surface area contributed by atoms with Gasteiger partial charge in [-0.2, -0.15) is 9.98 Å². The summed E-state index contributed by atoms with van der Waals surface area (Å²) < 4.78 is 0. The second-order valence-corrected chi connectivity index (χ2v) is 4.24. The highest BCUT2D eigenvalue weighted by atomic mass is 15.1. The summed E-state index contributed by atoms with van der Waals surface area (Å²) in [5.74, 6) is -0.210. The molecule has 0 aliphatic carbocycles. The first-order valence-corrected chi connectivity index (χ1v) is 6.23. The lowest BCUT2D eigenvalue weighted by atomic mass is 10.1. The fraction of sp³-hybridized carbons (Fsp3) is 0.167. The fourth-order valence-corrected chi connectivity index (χ4v) is 1.43. The lowest BCUT2D eigenvalue weighted by Gasteiger charge is -2.01. The molecular weight excluding hydrogens is 284 g/mol. The molecule has 0 bridgehead atoms. The first-order chi connectivity index (χ1) is 10.4. The van der Waals surface area contributed by atoms with Crippen LogP contribution in [0.3, 0.4) is 0 Å². The van der Waals surface area contributed by atoms with Crippen molar-refractivity contribution < 1.29 is 0 Å². The van der Waals surface area contributed by atoms with Crippen LogP contribution < -0.4 is 34.4 Å². The molecule has 0 radical (unpaired) electrons. The minimum atomic E-state index is -0.132. The summed E-state index contributed by atoms with van der Waals surface area (Å²) in [5.41, 5.74) is 33.7. The van der Waals surface area contributed by atoms with E-state index in [0.717, 1.165) is 11.1 Å². The number of nitrogens with two attached hydrogens (primary N) is 6. The molecule has 118 valence electrons. The van der Waals surface area contributed by atoms with Gasteiger partial charge >= 0.3 is 0 Å². The molecule has 0 atom stereocenters. The molecule has 0 spiro atoms. The van der Waals surface area contributed by atoms with E-state index in [0.29, 0.717) is 13.1 Å². The highest BCUT2D eigenvalue weighted by Gasteiger charge is 1.96. The number of aliphatic imine (C=N–C) groups is 4. The van der Waals surface area contributed by atoms with Crippen LogP contribution in [0.5, 0.6) is 0 Å². The van der Waals surface area contributed by atoms with E-state index in [4.69, 9.17) is 34.4 Å². The number of benzene rings is 1. The van der Waals surface area contributed by atoms with Crippen molar-refractivity contribution in [3.8, 4) is 0 Å². The van der Waals surface area contributed by atoms with Crippen LogP contribution in [0.15, 0.2) is 44.2 Å². The predicted molar refractivity (Wildman–Crippen MR) is 88.7 cm³/mol. The second-order valence-electron chi connectivity index (χ2n) is 4.24. The number of nitrogens with zero attached hydrogens (tertiary/aromatic N) is 4. The van der Waals surface area contributed by atoms with Crippen molar-refractivity contribution in [2.45, 2.75) is 13.1 Å². The molecule has 22 heavy (non-hydrogen) atoms. The lowest BCUT2D eigenvalue weighted by molar-refractivity contribution is 1.02. The summed E-state index contributed by atoms with van der Waals surface area (Å²) in [5, 5.41) is 0. The van der Waals surface area contributed by atoms with Gasteiger partial charge in [0.05, 0.1) is 13.1 Å². The highest BCUT2D eigenvalue weighted by molar-refractivity contribution is 5.92. The Morgan fingerprint density at radius 1 is 0.636 bits per heavy atom. The van der Waals surface area contributed by atoms with E-state index in [2.05, 4.69) is 20.0 Å². The first kappa shape index (κ1) is 16.8. The Morgan fingerprint density at radius 3 is 1.23 bits per heavy atom. The van der Waals surface area contributed by atoms with Gasteiger partial charge in [-0.25, -0.2) is 9.98 Å². The highest BCUT2D eigenvalue weighted by Crippen LogP contribution is 2.07. The van der Waals surface area contributed by atoms with E-state index in [1.165, 1.54) is 0 Å². The molecule has 12 N–H and O–H groups in total. The molecule has 0 unspecified atom stereocenters. The van der Waals surface area contributed by atoms with Gasteiger partial charge in [-0.05, 0) is 11.1 Å². The summed E-state index contributed by atoms with van der Waals surface area (Å²) in [6.45, 7) is 0.727. The molecule has 1 aromatic rings. The van der Waals surface area contributed by atoms with Gasteiger partial charge in [0, 0.05) is 0 Å². The largest absolute Gasteiger partial charge is 0.370 e. The zero-order valence-corrected chi connectivity index (χ0v) is 12.0. The number of guanidine groups is 4. The minimum Gasteiger partial charge on any atom is -0.370 e. The summed E-state index contributed by atoms with van der Waals surface area (Å²) in [6, 6.07) is 7.53. The normalized spacial score (nSPS) is 11.8. The molecule has 10 heteroatoms. The Balaban J connectivity index is 2.64. The van der Waals surface area contributed by atoms with Gasteiger partial charge in [0.2, 0.25) is 11.9 Å². The van der Waals surface area contributed by atoms with Crippen LogP contribution in [0.1, 0.15) is 11.1 Å². The average Bonchev–Trinajstić information content (AvgIpc) is 2.42. The van der Waals surface area contributed by atoms with E-state index < -0.39 is 0 Å². The average molecular weight is 304 g/mol. The van der Waals surface area contributed by atoms with Gasteiger partial charge in [-0.15, -0.1) is 0 Å². The molecule has 0 fully saturated rings. The van der Waals surface area contributed by atoms with Gasteiger partial charge in [0.1, 0.15) is 0 Å². The Labute approximate surface area is 127 Å². The van der Waals surface area contributed by atoms with E-state index in [-0.39, 0.29) is 23.8 Å². The van der Waals surface area contributed by atoms with E-state index in [9.17, 15) is 0 Å². The maximum Gasteiger partial charge on any atom is 0.218 e. The second kappa shape index (κ2) is 8.09. The van der Waals surface area contributed by atoms with Crippen LogP contribution in [0.25, 0.3) is 0 Å². The van der Waals surface area contributed by atoms with Crippen LogP contribution in [-0.4, -0.2) is 23.8 Å². The van der Waals surface area contributed by atoms with Crippen LogP contribution in [0.2, 0.25) is 0 Å². The van der Waals surface area contributed by atoms with Crippen molar-refractivity contribution in [1.29, 1.82) is 0 Å². The maximum absolute atomic E-state index is 5.51. The molecule has 0 saturated heterocycles. The Hall–Kier alpha value is -3.30. The zero-order chi connectivity index (χ0) is 16.5. The molecule has 10 nitrogen and oxygen atoms in total. The van der Waals surface area contributed by atoms with Crippen LogP contribution in [-0.2, 0) is 13.1 Å². The summed E-state index contributed by atoms with van der Waals surface area (Å²) in [7, 11) is 0. The van der Waals surface area contributed by atoms with Crippen LogP contribution in [0, 0.1) is 0 Å². The van der Waals surface area contributed by atoms with E-state index >= 15 is 0 Å². The first-order valence-electron chi connectivity index (χ1n) is 6.23. The molecule has 0 aliphatic rings. The lowest BCUT2D eigenvalue weighted by Crippen LogP contribution is -2.26. The van der Waals surface area contributed by atoms with Gasteiger partial charge in [-0.1, -0.05) is 24.3 Å². The van der Waals surface area contributed by atoms with Crippen molar-refractivity contribution in [3.05, 3.63) is 35.4 Å². The Morgan fingerprint density at radius 2 is 0.955 bits per heavy atom. The number of hydrogen-bond acceptors (Lipinski definition) is 2. The Bertz CT molecular complexity index is 548. The SMILES string of the molecule is NC(N)=NC(N)=NCc1ccc(CN=C(N)N=C(N)N)cc1. The van der Waals surface area contributed by atoms with Gasteiger partial charge in [-0.3, -0.25) is 0 Å². The summed E-state index contributed by atoms with van der Waals surface area (Å²) in [6.07, 6.45) is 0. The van der Waals surface area contributed by atoms with Gasteiger partial charge in [0.15, 0.2) is 11.9 Å². The van der Waals surface area contributed by atoms with Crippen LogP contribution in [0.4, 0.5) is 0 Å². The Kier molecular flexibility index (Phi) is 6.16. The molecule has 1 aromatic carbocycles. The van der Waals surface area contributed by atoms with Crippen molar-refractivity contribution in [3.63, 3.8) is 0 Å². The van der Waals surface area contributed by atoms with Crippen molar-refractivity contribution in [2.24, 2.45) is 54.4 Å². The quantitative estimate of drug-likeness (QED) is 0.270. The van der Waals surface area contributed by atoms with Crippen LogP contribution >= 0.6 is 0 Å². The third kappa shape index (κ3) is 6.75. The smallest absolute Gasteiger partial charge is 0.218 e. The van der Waals surface area contributed by atoms with E-state index in [1.807, 2.05) is 24.3 Å². The molecule has 0 saturated carbocycles. The molecule has 0 amide bonds. The maximum atomic E-state index is 5.51. The van der Waals surface area contributed by atoms with Crippen molar-refractivity contribution >= 4 is 23.8 Å². The van der Waals surface area contributed by atoms with E-state index in [1.54, 1.807) is 0 Å². The van der Waals surface area contributed by atoms with Crippen molar-refractivity contribution in [1.82, 2.24) is 0 Å². The summed E-state index contributed by atoms with van der Waals surface area (Å²) in [4.78, 5) is 15.3. The zero-order valence-electron chi connectivity index (χ0n) is 12.0. The van der Waals surface area contributed by atoms with Gasteiger partial charge < -0.3 is 34.4 Å². The fourth-order valence-electron chi connectivity index (χ4n) is 1.43. The molecule has 0 heterocycles. The molecule has 0 aromatic heterocycles.